The highest BCUT2D eigenvalue weighted by Crippen LogP contribution is 2.40. The Morgan fingerprint density at radius 2 is 2.00 bits per heavy atom. The smallest absolute Gasteiger partial charge is 0.293 e. The lowest BCUT2D eigenvalue weighted by molar-refractivity contribution is -0.123. The Morgan fingerprint density at radius 3 is 2.69 bits per heavy atom. The molecule has 1 aliphatic rings. The first-order valence-corrected chi connectivity index (χ1v) is 11.8. The summed E-state index contributed by atoms with van der Waals surface area (Å²) in [6, 6.07) is 12.7. The average Bonchev–Trinajstić information content (AvgIpc) is 3.03. The monoisotopic (exact) mass is 514 g/mol. The van der Waals surface area contributed by atoms with E-state index in [1.807, 2.05) is 26.8 Å². The predicted molar refractivity (Wildman–Crippen MR) is 128 cm³/mol. The lowest BCUT2D eigenvalue weighted by atomic mass is 10.1. The van der Waals surface area contributed by atoms with Crippen LogP contribution in [0.5, 0.6) is 11.5 Å². The molecule has 0 aromatic heterocycles. The molecule has 0 bridgehead atoms. The lowest BCUT2D eigenvalue weighted by Crippen LogP contribution is -2.27. The Morgan fingerprint density at radius 1 is 1.25 bits per heavy atom. The van der Waals surface area contributed by atoms with Gasteiger partial charge in [-0.05, 0) is 83.4 Å². The molecule has 2 amide bonds. The Labute approximate surface area is 200 Å². The van der Waals surface area contributed by atoms with Crippen molar-refractivity contribution in [3.8, 4) is 17.6 Å². The number of nitriles is 1. The number of carbonyl (C=O) groups excluding carboxylic acids is 2. The van der Waals surface area contributed by atoms with E-state index in [0.29, 0.717) is 44.2 Å². The third-order valence-corrected chi connectivity index (χ3v) is 6.36. The summed E-state index contributed by atoms with van der Waals surface area (Å²) in [6.45, 7) is 6.43. The van der Waals surface area contributed by atoms with Gasteiger partial charge in [0.2, 0.25) is 0 Å². The highest BCUT2D eigenvalue weighted by atomic mass is 79.9. The van der Waals surface area contributed by atoms with Gasteiger partial charge in [0.1, 0.15) is 0 Å². The van der Waals surface area contributed by atoms with Crippen molar-refractivity contribution in [2.75, 3.05) is 6.61 Å². The molecule has 0 aliphatic carbocycles. The van der Waals surface area contributed by atoms with Gasteiger partial charge in [0.05, 0.1) is 40.3 Å². The van der Waals surface area contributed by atoms with E-state index in [1.54, 1.807) is 36.4 Å². The Kier molecular flexibility index (Phi) is 7.99. The van der Waals surface area contributed by atoms with Gasteiger partial charge >= 0.3 is 0 Å². The molecular formula is C24H23BrN2O4S. The summed E-state index contributed by atoms with van der Waals surface area (Å²) in [5.74, 6) is 0.789. The van der Waals surface area contributed by atoms with Gasteiger partial charge in [0, 0.05) is 0 Å². The Balaban J connectivity index is 1.89. The molecule has 2 aromatic rings. The third-order valence-electron chi connectivity index (χ3n) is 4.86. The highest BCUT2D eigenvalue weighted by Gasteiger charge is 2.35. The largest absolute Gasteiger partial charge is 0.490 e. The first kappa shape index (κ1) is 23.9. The van der Waals surface area contributed by atoms with Gasteiger partial charge in [-0.3, -0.25) is 14.5 Å². The molecule has 166 valence electrons. The number of carbonyl (C=O) groups is 2. The van der Waals surface area contributed by atoms with Crippen LogP contribution in [0.3, 0.4) is 0 Å². The molecule has 2 aromatic carbocycles. The molecule has 1 saturated heterocycles. The average molecular weight is 515 g/mol. The SMILES string of the molecule is CCOc1cc(/C=C2/SC(=O)N(Cc3ccccc3C#N)C2=O)cc(Br)c1O[C@H](C)CC. The van der Waals surface area contributed by atoms with Crippen LogP contribution < -0.4 is 9.47 Å². The van der Waals surface area contributed by atoms with Gasteiger partial charge in [-0.15, -0.1) is 0 Å². The minimum atomic E-state index is -0.387. The fourth-order valence-corrected chi connectivity index (χ4v) is 4.45. The van der Waals surface area contributed by atoms with Crippen molar-refractivity contribution in [1.29, 1.82) is 5.26 Å². The van der Waals surface area contributed by atoms with Gasteiger partial charge in [-0.2, -0.15) is 5.26 Å². The number of rotatable bonds is 8. The van der Waals surface area contributed by atoms with E-state index in [4.69, 9.17) is 9.47 Å². The van der Waals surface area contributed by atoms with E-state index in [0.717, 1.165) is 23.1 Å². The zero-order chi connectivity index (χ0) is 23.3. The first-order chi connectivity index (χ1) is 15.4. The van der Waals surface area contributed by atoms with Crippen LogP contribution in [0.4, 0.5) is 4.79 Å². The summed E-state index contributed by atoms with van der Waals surface area (Å²) >= 11 is 4.42. The normalized spacial score (nSPS) is 15.7. The Bertz CT molecular complexity index is 1110. The number of hydrogen-bond donors (Lipinski definition) is 0. The van der Waals surface area contributed by atoms with Crippen molar-refractivity contribution in [2.24, 2.45) is 0 Å². The first-order valence-electron chi connectivity index (χ1n) is 10.2. The quantitative estimate of drug-likeness (QED) is 0.394. The maximum absolute atomic E-state index is 12.9. The van der Waals surface area contributed by atoms with Gasteiger partial charge in [0.25, 0.3) is 11.1 Å². The second-order valence-electron chi connectivity index (χ2n) is 7.14. The highest BCUT2D eigenvalue weighted by molar-refractivity contribution is 9.10. The summed E-state index contributed by atoms with van der Waals surface area (Å²) in [5.41, 5.74) is 1.78. The van der Waals surface area contributed by atoms with E-state index in [1.165, 1.54) is 0 Å². The number of benzene rings is 2. The predicted octanol–water partition coefficient (Wildman–Crippen LogP) is 6.13. The van der Waals surface area contributed by atoms with Gasteiger partial charge < -0.3 is 9.47 Å². The van der Waals surface area contributed by atoms with Crippen molar-refractivity contribution in [1.82, 2.24) is 4.90 Å². The molecular weight excluding hydrogens is 492 g/mol. The van der Waals surface area contributed by atoms with E-state index >= 15 is 0 Å². The number of amides is 2. The van der Waals surface area contributed by atoms with Crippen molar-refractivity contribution in [3.63, 3.8) is 0 Å². The topological polar surface area (TPSA) is 79.6 Å². The maximum Gasteiger partial charge on any atom is 0.293 e. The molecule has 32 heavy (non-hydrogen) atoms. The summed E-state index contributed by atoms with van der Waals surface area (Å²) < 4.78 is 12.5. The van der Waals surface area contributed by atoms with Crippen LogP contribution in [-0.4, -0.2) is 28.8 Å². The molecule has 1 fully saturated rings. The summed E-state index contributed by atoms with van der Waals surface area (Å²) in [6.07, 6.45) is 2.53. The van der Waals surface area contributed by atoms with Crippen molar-refractivity contribution in [2.45, 2.75) is 39.8 Å². The van der Waals surface area contributed by atoms with Crippen LogP contribution in [-0.2, 0) is 11.3 Å². The van der Waals surface area contributed by atoms with Crippen LogP contribution in [0.25, 0.3) is 6.08 Å². The number of halogens is 1. The van der Waals surface area contributed by atoms with E-state index in [2.05, 4.69) is 22.0 Å². The van der Waals surface area contributed by atoms with Crippen molar-refractivity contribution >= 4 is 44.9 Å². The van der Waals surface area contributed by atoms with Crippen LogP contribution in [0.2, 0.25) is 0 Å². The number of nitrogens with zero attached hydrogens (tertiary/aromatic N) is 2. The minimum Gasteiger partial charge on any atom is -0.490 e. The van der Waals surface area contributed by atoms with Crippen molar-refractivity contribution < 1.29 is 19.1 Å². The molecule has 1 aliphatic heterocycles. The van der Waals surface area contributed by atoms with Crippen LogP contribution in [0.15, 0.2) is 45.8 Å². The molecule has 1 heterocycles. The minimum absolute atomic E-state index is 0.0177. The number of hydrogen-bond acceptors (Lipinski definition) is 6. The number of ether oxygens (including phenoxy) is 2. The van der Waals surface area contributed by atoms with Gasteiger partial charge in [-0.25, -0.2) is 0 Å². The van der Waals surface area contributed by atoms with E-state index in [-0.39, 0.29) is 23.8 Å². The summed E-state index contributed by atoms with van der Waals surface area (Å²) in [4.78, 5) is 26.9. The standard InChI is InChI=1S/C24H23BrN2O4S/c1-4-15(3)31-22-19(25)10-16(11-20(22)30-5-2)12-21-23(28)27(24(29)32-21)14-18-9-7-6-8-17(18)13-26/h6-12,15H,4-5,14H2,1-3H3/b21-12+/t15-/m1/s1. The summed E-state index contributed by atoms with van der Waals surface area (Å²) in [5, 5.41) is 8.91. The second kappa shape index (κ2) is 10.7. The van der Waals surface area contributed by atoms with Crippen LogP contribution in [0, 0.1) is 11.3 Å². The molecule has 0 unspecified atom stereocenters. The third kappa shape index (κ3) is 5.34. The summed E-state index contributed by atoms with van der Waals surface area (Å²) in [7, 11) is 0. The molecule has 8 heteroatoms. The molecule has 3 rings (SSSR count). The second-order valence-corrected chi connectivity index (χ2v) is 8.98. The van der Waals surface area contributed by atoms with Crippen molar-refractivity contribution in [3.05, 3.63) is 62.5 Å². The van der Waals surface area contributed by atoms with Gasteiger partial charge in [0.15, 0.2) is 11.5 Å². The lowest BCUT2D eigenvalue weighted by Gasteiger charge is -2.18. The van der Waals surface area contributed by atoms with Crippen LogP contribution in [0.1, 0.15) is 43.9 Å². The molecule has 6 nitrogen and oxygen atoms in total. The molecule has 1 atom stereocenters. The fourth-order valence-electron chi connectivity index (χ4n) is 3.06. The zero-order valence-electron chi connectivity index (χ0n) is 18.1. The maximum atomic E-state index is 12.9. The molecule has 0 saturated carbocycles. The number of imide groups is 1. The zero-order valence-corrected chi connectivity index (χ0v) is 20.5. The van der Waals surface area contributed by atoms with E-state index < -0.39 is 0 Å². The van der Waals surface area contributed by atoms with Gasteiger partial charge in [-0.1, -0.05) is 25.1 Å². The molecule has 0 N–H and O–H groups in total. The molecule has 0 spiro atoms. The van der Waals surface area contributed by atoms with E-state index in [9.17, 15) is 14.9 Å². The molecule has 0 radical (unpaired) electrons. The number of thioether (sulfide) groups is 1. The van der Waals surface area contributed by atoms with Crippen LogP contribution >= 0.6 is 27.7 Å². The fraction of sp³-hybridized carbons (Fsp3) is 0.292. The Hall–Kier alpha value is -2.76.